The molecular weight excluding hydrogens is 326 g/mol. The van der Waals surface area contributed by atoms with Gasteiger partial charge < -0.3 is 19.5 Å². The van der Waals surface area contributed by atoms with Crippen LogP contribution in [0.4, 0.5) is 0 Å². The van der Waals surface area contributed by atoms with Gasteiger partial charge in [-0.25, -0.2) is 0 Å². The molecule has 0 atom stereocenters. The summed E-state index contributed by atoms with van der Waals surface area (Å²) < 4.78 is 5.91. The van der Waals surface area contributed by atoms with E-state index >= 15 is 0 Å². The molecule has 0 aromatic heterocycles. The van der Waals surface area contributed by atoms with Crippen LogP contribution in [0.2, 0.25) is 0 Å². The van der Waals surface area contributed by atoms with E-state index < -0.39 is 9.76 Å². The summed E-state index contributed by atoms with van der Waals surface area (Å²) in [5.74, 6) is 0. The molecule has 0 aliphatic carbocycles. The summed E-state index contributed by atoms with van der Waals surface area (Å²) in [6.45, 7) is 20.6. The second-order valence-corrected chi connectivity index (χ2v) is 8.56. The van der Waals surface area contributed by atoms with E-state index in [1.165, 1.54) is 71.0 Å². The molecular formula is C20H47N3OSi. The molecule has 25 heavy (non-hydrogen) atoms. The lowest BCUT2D eigenvalue weighted by Crippen LogP contribution is -2.36. The Labute approximate surface area is 161 Å². The van der Waals surface area contributed by atoms with Gasteiger partial charge in [0.2, 0.25) is 0 Å². The maximum absolute atomic E-state index is 5.91. The van der Waals surface area contributed by atoms with Crippen LogP contribution < -0.4 is 5.32 Å². The average molecular weight is 374 g/mol. The molecule has 5 heteroatoms. The molecule has 0 heterocycles. The summed E-state index contributed by atoms with van der Waals surface area (Å²) >= 11 is 0. The summed E-state index contributed by atoms with van der Waals surface area (Å²) in [5.41, 5.74) is 0. The normalized spacial score (nSPS) is 12.7. The highest BCUT2D eigenvalue weighted by Crippen LogP contribution is 2.00. The van der Waals surface area contributed by atoms with Crippen molar-refractivity contribution in [1.29, 1.82) is 0 Å². The molecule has 1 N–H and O–H groups in total. The Morgan fingerprint density at radius 2 is 1.52 bits per heavy atom. The van der Waals surface area contributed by atoms with E-state index in [1.54, 1.807) is 0 Å². The van der Waals surface area contributed by atoms with Gasteiger partial charge in [-0.15, -0.1) is 0 Å². The Morgan fingerprint density at radius 1 is 0.880 bits per heavy atom. The highest BCUT2D eigenvalue weighted by atomic mass is 28.2. The van der Waals surface area contributed by atoms with E-state index in [1.807, 2.05) is 0 Å². The summed E-state index contributed by atoms with van der Waals surface area (Å²) in [4.78, 5) is 5.23. The Kier molecular flexibility index (Phi) is 17.5. The second-order valence-electron chi connectivity index (χ2n) is 7.37. The second kappa shape index (κ2) is 17.5. The maximum Gasteiger partial charge on any atom is 0.175 e. The van der Waals surface area contributed by atoms with Crippen molar-refractivity contribution in [1.82, 2.24) is 15.1 Å². The Balaban J connectivity index is 4.12. The minimum atomic E-state index is -0.413. The molecule has 0 amide bonds. The van der Waals surface area contributed by atoms with E-state index in [-0.39, 0.29) is 0 Å². The molecule has 152 valence electrons. The van der Waals surface area contributed by atoms with Crippen LogP contribution in [-0.2, 0) is 4.43 Å². The minimum absolute atomic E-state index is 0.394. The predicted molar refractivity (Wildman–Crippen MR) is 115 cm³/mol. The van der Waals surface area contributed by atoms with Crippen LogP contribution in [0.5, 0.6) is 0 Å². The van der Waals surface area contributed by atoms with Crippen LogP contribution in [0.1, 0.15) is 73.6 Å². The molecule has 0 spiro atoms. The molecule has 0 rings (SSSR count). The van der Waals surface area contributed by atoms with Gasteiger partial charge in [0.05, 0.1) is 0 Å². The standard InChI is InChI=1S/C20H47N3OSi/c1-7-14-22(10-4)16-12-17-23(18-25-24-19(5)6)15-11-13-21-20(8-2)9-3/h19-21H,7-18,25H2,1-6H3. The number of nitrogens with zero attached hydrogens (tertiary/aromatic N) is 2. The third kappa shape index (κ3) is 14.9. The van der Waals surface area contributed by atoms with E-state index in [4.69, 9.17) is 4.43 Å². The van der Waals surface area contributed by atoms with Gasteiger partial charge in [-0.3, -0.25) is 0 Å². The lowest BCUT2D eigenvalue weighted by atomic mass is 10.2. The van der Waals surface area contributed by atoms with E-state index in [0.29, 0.717) is 12.1 Å². The lowest BCUT2D eigenvalue weighted by Gasteiger charge is -2.25. The van der Waals surface area contributed by atoms with Gasteiger partial charge in [-0.1, -0.05) is 27.7 Å². The van der Waals surface area contributed by atoms with Gasteiger partial charge >= 0.3 is 0 Å². The van der Waals surface area contributed by atoms with Crippen molar-refractivity contribution in [3.8, 4) is 0 Å². The van der Waals surface area contributed by atoms with Crippen LogP contribution in [0, 0.1) is 0 Å². The molecule has 4 nitrogen and oxygen atoms in total. The zero-order chi connectivity index (χ0) is 18.9. The number of hydrogen-bond acceptors (Lipinski definition) is 4. The van der Waals surface area contributed by atoms with Crippen LogP contribution in [-0.4, -0.2) is 77.1 Å². The first-order valence-corrected chi connectivity index (χ1v) is 12.4. The summed E-state index contributed by atoms with van der Waals surface area (Å²) in [6, 6.07) is 0.694. The summed E-state index contributed by atoms with van der Waals surface area (Å²) in [6.07, 6.45) is 7.85. The van der Waals surface area contributed by atoms with Gasteiger partial charge in [-0.2, -0.15) is 0 Å². The van der Waals surface area contributed by atoms with Gasteiger partial charge in [0.1, 0.15) is 0 Å². The zero-order valence-electron chi connectivity index (χ0n) is 18.1. The van der Waals surface area contributed by atoms with Crippen molar-refractivity contribution in [2.45, 2.75) is 85.8 Å². The summed E-state index contributed by atoms with van der Waals surface area (Å²) in [5, 5.41) is 3.69. The van der Waals surface area contributed by atoms with E-state index in [2.05, 4.69) is 56.7 Å². The van der Waals surface area contributed by atoms with Crippen molar-refractivity contribution < 1.29 is 4.43 Å². The molecule has 0 aliphatic rings. The molecule has 0 saturated heterocycles. The zero-order valence-corrected chi connectivity index (χ0v) is 19.6. The van der Waals surface area contributed by atoms with Crippen molar-refractivity contribution >= 4 is 9.76 Å². The Morgan fingerprint density at radius 3 is 2.08 bits per heavy atom. The summed E-state index contributed by atoms with van der Waals surface area (Å²) in [7, 11) is -0.413. The van der Waals surface area contributed by atoms with Crippen molar-refractivity contribution in [3.63, 3.8) is 0 Å². The van der Waals surface area contributed by atoms with E-state index in [0.717, 1.165) is 6.54 Å². The first-order chi connectivity index (χ1) is 12.1. The van der Waals surface area contributed by atoms with Crippen molar-refractivity contribution in [2.24, 2.45) is 0 Å². The van der Waals surface area contributed by atoms with Crippen LogP contribution in [0.15, 0.2) is 0 Å². The molecule has 0 saturated carbocycles. The lowest BCUT2D eigenvalue weighted by molar-refractivity contribution is 0.222. The smallest absolute Gasteiger partial charge is 0.175 e. The van der Waals surface area contributed by atoms with Crippen molar-refractivity contribution in [2.75, 3.05) is 45.4 Å². The third-order valence-corrected chi connectivity index (χ3v) is 6.58. The number of rotatable bonds is 18. The highest BCUT2D eigenvalue weighted by molar-refractivity contribution is 6.27. The van der Waals surface area contributed by atoms with Gasteiger partial charge in [0, 0.05) is 18.3 Å². The first kappa shape index (κ1) is 25.1. The van der Waals surface area contributed by atoms with Crippen LogP contribution in [0.3, 0.4) is 0 Å². The molecule has 0 aromatic rings. The Bertz CT molecular complexity index is 276. The molecule has 0 aliphatic heterocycles. The molecule has 0 bridgehead atoms. The fraction of sp³-hybridized carbons (Fsp3) is 1.00. The molecule has 0 fully saturated rings. The van der Waals surface area contributed by atoms with Crippen LogP contribution in [0.25, 0.3) is 0 Å². The van der Waals surface area contributed by atoms with Crippen molar-refractivity contribution in [3.05, 3.63) is 0 Å². The molecule has 0 radical (unpaired) electrons. The monoisotopic (exact) mass is 373 g/mol. The Hall–Kier alpha value is 0.0569. The van der Waals surface area contributed by atoms with Gasteiger partial charge in [0.15, 0.2) is 9.76 Å². The van der Waals surface area contributed by atoms with Crippen LogP contribution >= 0.6 is 0 Å². The third-order valence-electron chi connectivity index (χ3n) is 4.86. The maximum atomic E-state index is 5.91. The quantitative estimate of drug-likeness (QED) is 0.295. The van der Waals surface area contributed by atoms with Gasteiger partial charge in [-0.05, 0) is 85.2 Å². The largest absolute Gasteiger partial charge is 0.420 e. The van der Waals surface area contributed by atoms with Gasteiger partial charge in [0.25, 0.3) is 0 Å². The fourth-order valence-electron chi connectivity index (χ4n) is 3.20. The number of nitrogens with one attached hydrogen (secondary N) is 1. The molecule has 0 unspecified atom stereocenters. The average Bonchev–Trinajstić information content (AvgIpc) is 2.60. The van der Waals surface area contributed by atoms with E-state index in [9.17, 15) is 0 Å². The first-order valence-electron chi connectivity index (χ1n) is 10.9. The molecule has 0 aromatic carbocycles. The highest BCUT2D eigenvalue weighted by Gasteiger charge is 2.08. The predicted octanol–water partition coefficient (Wildman–Crippen LogP) is 3.05. The number of hydrogen-bond donors (Lipinski definition) is 1. The topological polar surface area (TPSA) is 27.7 Å². The minimum Gasteiger partial charge on any atom is -0.420 e. The fourth-order valence-corrected chi connectivity index (χ4v) is 4.48. The SMILES string of the molecule is CCCN(CC)CCCN(CCCNC(CC)CC)C[SiH2]OC(C)C.